The lowest BCUT2D eigenvalue weighted by atomic mass is 10.1. The van der Waals surface area contributed by atoms with Crippen LogP contribution in [0.2, 0.25) is 0 Å². The number of aryl methyl sites for hydroxylation is 2. The first-order chi connectivity index (χ1) is 14.0. The largest absolute Gasteiger partial charge is 0.292 e. The summed E-state index contributed by atoms with van der Waals surface area (Å²) in [5.41, 5.74) is 2.32. The molecule has 6 heteroatoms. The Morgan fingerprint density at radius 1 is 1.17 bits per heavy atom. The lowest BCUT2D eigenvalue weighted by molar-refractivity contribution is 0.0969. The Bertz CT molecular complexity index is 1280. The minimum Gasteiger partial charge on any atom is -0.292 e. The highest BCUT2D eigenvalue weighted by molar-refractivity contribution is 7.17. The van der Waals surface area contributed by atoms with E-state index in [1.54, 1.807) is 6.92 Å². The van der Waals surface area contributed by atoms with Gasteiger partial charge in [-0.1, -0.05) is 37.3 Å². The molecule has 2 heterocycles. The minimum atomic E-state index is -0.359. The average molecular weight is 406 g/mol. The molecule has 146 valence electrons. The lowest BCUT2D eigenvalue weighted by Gasteiger charge is -2.12. The van der Waals surface area contributed by atoms with Crippen LogP contribution in [0.1, 0.15) is 28.7 Å². The van der Waals surface area contributed by atoms with Gasteiger partial charge in [0, 0.05) is 22.9 Å². The van der Waals surface area contributed by atoms with Gasteiger partial charge >= 0.3 is 0 Å². The van der Waals surface area contributed by atoms with Crippen LogP contribution >= 0.6 is 11.3 Å². The Morgan fingerprint density at radius 2 is 1.93 bits per heavy atom. The molecule has 4 nitrogen and oxygen atoms in total. The summed E-state index contributed by atoms with van der Waals surface area (Å²) in [6.07, 6.45) is 0.527. The molecule has 0 spiro atoms. The van der Waals surface area contributed by atoms with Crippen LogP contribution < -0.4 is 5.56 Å². The van der Waals surface area contributed by atoms with Crippen LogP contribution in [0.25, 0.3) is 21.3 Å². The predicted molar refractivity (Wildman–Crippen MR) is 114 cm³/mol. The van der Waals surface area contributed by atoms with Gasteiger partial charge in [-0.25, -0.2) is 9.37 Å². The third-order valence-corrected chi connectivity index (χ3v) is 5.83. The number of halogens is 1. The van der Waals surface area contributed by atoms with E-state index >= 15 is 0 Å². The van der Waals surface area contributed by atoms with Crippen LogP contribution in [-0.2, 0) is 13.0 Å². The summed E-state index contributed by atoms with van der Waals surface area (Å²) in [6.45, 7) is 3.39. The number of hydrogen-bond donors (Lipinski definition) is 0. The van der Waals surface area contributed by atoms with Crippen molar-refractivity contribution in [2.45, 2.75) is 26.8 Å². The van der Waals surface area contributed by atoms with E-state index in [0.29, 0.717) is 33.6 Å². The standard InChI is InChI=1S/C23H19FN2O2S/c1-3-20-25-22-21(17(13-29-22)15-7-5-4-6-8-15)23(28)26(20)12-19(27)16-9-10-18(24)14(2)11-16/h4-11,13H,3,12H2,1-2H3. The average Bonchev–Trinajstić information content (AvgIpc) is 3.16. The summed E-state index contributed by atoms with van der Waals surface area (Å²) in [4.78, 5) is 31.5. The molecule has 29 heavy (non-hydrogen) atoms. The van der Waals surface area contributed by atoms with E-state index in [1.165, 1.54) is 34.1 Å². The molecule has 0 atom stereocenters. The fraction of sp³-hybridized carbons (Fsp3) is 0.174. The number of carbonyl (C=O) groups excluding carboxylic acids is 1. The first-order valence-corrected chi connectivity index (χ1v) is 10.2. The van der Waals surface area contributed by atoms with Crippen molar-refractivity contribution in [3.63, 3.8) is 0 Å². The van der Waals surface area contributed by atoms with Crippen molar-refractivity contribution in [1.29, 1.82) is 0 Å². The number of ketones is 1. The highest BCUT2D eigenvalue weighted by atomic mass is 32.1. The molecular weight excluding hydrogens is 387 g/mol. The lowest BCUT2D eigenvalue weighted by Crippen LogP contribution is -2.28. The first kappa shape index (κ1) is 19.2. The van der Waals surface area contributed by atoms with E-state index in [-0.39, 0.29) is 23.7 Å². The van der Waals surface area contributed by atoms with Crippen LogP contribution in [0, 0.1) is 12.7 Å². The Morgan fingerprint density at radius 3 is 2.62 bits per heavy atom. The number of rotatable bonds is 5. The molecule has 0 aliphatic carbocycles. The second kappa shape index (κ2) is 7.72. The zero-order valence-electron chi connectivity index (χ0n) is 16.1. The van der Waals surface area contributed by atoms with Crippen LogP contribution in [-0.4, -0.2) is 15.3 Å². The van der Waals surface area contributed by atoms with Gasteiger partial charge in [-0.15, -0.1) is 11.3 Å². The SMILES string of the molecule is CCc1nc2scc(-c3ccccc3)c2c(=O)n1CC(=O)c1ccc(F)c(C)c1. The van der Waals surface area contributed by atoms with E-state index in [9.17, 15) is 14.0 Å². The third kappa shape index (κ3) is 3.51. The predicted octanol–water partition coefficient (Wildman–Crippen LogP) is 5.02. The number of Topliss-reactive ketones (excluding diaryl/α,β-unsaturated/α-hetero) is 1. The molecule has 0 N–H and O–H groups in total. The quantitative estimate of drug-likeness (QED) is 0.438. The molecule has 0 saturated heterocycles. The number of aromatic nitrogens is 2. The molecule has 0 bridgehead atoms. The van der Waals surface area contributed by atoms with E-state index < -0.39 is 0 Å². The molecule has 0 fully saturated rings. The van der Waals surface area contributed by atoms with Gasteiger partial charge in [-0.2, -0.15) is 0 Å². The van der Waals surface area contributed by atoms with Crippen molar-refractivity contribution < 1.29 is 9.18 Å². The molecule has 4 rings (SSSR count). The molecular formula is C23H19FN2O2S. The van der Waals surface area contributed by atoms with E-state index in [4.69, 9.17) is 0 Å². The summed E-state index contributed by atoms with van der Waals surface area (Å²) < 4.78 is 15.0. The normalized spacial score (nSPS) is 11.1. The van der Waals surface area contributed by atoms with Gasteiger partial charge in [0.15, 0.2) is 5.78 Å². The summed E-state index contributed by atoms with van der Waals surface area (Å²) in [6, 6.07) is 13.9. The summed E-state index contributed by atoms with van der Waals surface area (Å²) >= 11 is 1.43. The maximum Gasteiger partial charge on any atom is 0.263 e. The number of carbonyl (C=O) groups is 1. The van der Waals surface area contributed by atoms with Crippen LogP contribution in [0.4, 0.5) is 4.39 Å². The first-order valence-electron chi connectivity index (χ1n) is 9.35. The summed E-state index contributed by atoms with van der Waals surface area (Å²) in [5, 5.41) is 2.46. The highest BCUT2D eigenvalue weighted by Crippen LogP contribution is 2.31. The van der Waals surface area contributed by atoms with Gasteiger partial charge in [0.25, 0.3) is 5.56 Å². The van der Waals surface area contributed by atoms with E-state index in [1.807, 2.05) is 42.6 Å². The minimum absolute atomic E-state index is 0.125. The molecule has 2 aromatic heterocycles. The Labute approximate surface area is 171 Å². The molecule has 0 unspecified atom stereocenters. The van der Waals surface area contributed by atoms with E-state index in [2.05, 4.69) is 4.98 Å². The Hall–Kier alpha value is -3.12. The van der Waals surface area contributed by atoms with Crippen molar-refractivity contribution in [1.82, 2.24) is 9.55 Å². The Kier molecular flexibility index (Phi) is 5.11. The van der Waals surface area contributed by atoms with Crippen molar-refractivity contribution in [2.75, 3.05) is 0 Å². The maximum absolute atomic E-state index is 13.5. The van der Waals surface area contributed by atoms with Crippen LogP contribution in [0.3, 0.4) is 0 Å². The number of nitrogens with zero attached hydrogens (tertiary/aromatic N) is 2. The molecule has 0 aliphatic heterocycles. The van der Waals surface area contributed by atoms with Gasteiger partial charge in [0.1, 0.15) is 16.5 Å². The summed E-state index contributed by atoms with van der Waals surface area (Å²) in [7, 11) is 0. The fourth-order valence-electron chi connectivity index (χ4n) is 3.38. The van der Waals surface area contributed by atoms with Gasteiger partial charge in [-0.3, -0.25) is 14.2 Å². The van der Waals surface area contributed by atoms with Crippen LogP contribution in [0.5, 0.6) is 0 Å². The monoisotopic (exact) mass is 406 g/mol. The zero-order chi connectivity index (χ0) is 20.5. The molecule has 2 aromatic carbocycles. The molecule has 0 radical (unpaired) electrons. The second-order valence-corrected chi connectivity index (χ2v) is 7.71. The molecule has 0 saturated carbocycles. The number of benzene rings is 2. The molecule has 0 aliphatic rings. The number of fused-ring (bicyclic) bond motifs is 1. The van der Waals surface area contributed by atoms with Crippen molar-refractivity contribution in [2.24, 2.45) is 0 Å². The highest BCUT2D eigenvalue weighted by Gasteiger charge is 2.19. The van der Waals surface area contributed by atoms with Gasteiger partial charge in [0.2, 0.25) is 0 Å². The van der Waals surface area contributed by atoms with Crippen LogP contribution in [0.15, 0.2) is 58.7 Å². The molecule has 0 amide bonds. The van der Waals surface area contributed by atoms with Crippen molar-refractivity contribution in [3.05, 3.63) is 87.0 Å². The van der Waals surface area contributed by atoms with Gasteiger partial charge < -0.3 is 0 Å². The summed E-state index contributed by atoms with van der Waals surface area (Å²) in [5.74, 6) is -0.0412. The van der Waals surface area contributed by atoms with Crippen molar-refractivity contribution >= 4 is 27.3 Å². The smallest absolute Gasteiger partial charge is 0.263 e. The number of hydrogen-bond acceptors (Lipinski definition) is 4. The third-order valence-electron chi connectivity index (χ3n) is 4.96. The second-order valence-electron chi connectivity index (χ2n) is 6.86. The van der Waals surface area contributed by atoms with E-state index in [0.717, 1.165) is 11.1 Å². The van der Waals surface area contributed by atoms with Gasteiger partial charge in [0.05, 0.1) is 11.9 Å². The number of thiophene rings is 1. The van der Waals surface area contributed by atoms with Gasteiger partial charge in [-0.05, 0) is 36.2 Å². The topological polar surface area (TPSA) is 52.0 Å². The Balaban J connectivity index is 1.83. The maximum atomic E-state index is 13.5. The van der Waals surface area contributed by atoms with Crippen molar-refractivity contribution in [3.8, 4) is 11.1 Å². The zero-order valence-corrected chi connectivity index (χ0v) is 16.9. The molecule has 4 aromatic rings. The fourth-order valence-corrected chi connectivity index (χ4v) is 4.34.